The minimum Gasteiger partial charge on any atom is -0.351 e. The second-order valence-electron chi connectivity index (χ2n) is 9.70. The Morgan fingerprint density at radius 1 is 0.714 bits per heavy atom. The first kappa shape index (κ1) is 22.7. The molecule has 0 heterocycles. The number of carbonyl (C=O) groups excluding carboxylic acids is 1. The quantitative estimate of drug-likeness (QED) is 0.697. The van der Waals surface area contributed by atoms with Crippen LogP contribution in [0.5, 0.6) is 0 Å². The highest BCUT2D eigenvalue weighted by atomic mass is 16.2. The zero-order valence-corrected chi connectivity index (χ0v) is 16.8. The van der Waals surface area contributed by atoms with Crippen LogP contribution in [0.3, 0.4) is 0 Å². The average Bonchev–Trinajstić information content (AvgIpc) is 2.11. The molecule has 0 saturated heterocycles. The van der Waals surface area contributed by atoms with Crippen molar-refractivity contribution in [1.82, 2.24) is 5.32 Å². The normalized spacial score (nSPS) is 13.3. The largest absolute Gasteiger partial charge is 0.351 e. The van der Waals surface area contributed by atoms with Crippen molar-refractivity contribution in [1.29, 1.82) is 0 Å². The molecule has 0 radical (unpaired) electrons. The van der Waals surface area contributed by atoms with Gasteiger partial charge in [-0.05, 0) is 37.5 Å². The van der Waals surface area contributed by atoms with Gasteiger partial charge in [-0.2, -0.15) is 0 Å². The lowest BCUT2D eigenvalue weighted by Crippen LogP contribution is -2.51. The van der Waals surface area contributed by atoms with E-state index >= 15 is 0 Å². The van der Waals surface area contributed by atoms with E-state index in [-0.39, 0.29) is 27.7 Å². The summed E-state index contributed by atoms with van der Waals surface area (Å²) in [6.45, 7) is 25.5. The van der Waals surface area contributed by atoms with Crippen molar-refractivity contribution >= 4 is 5.91 Å². The smallest absolute Gasteiger partial charge is 0.226 e. The Kier molecular flexibility index (Phi) is 8.28. The minimum absolute atomic E-state index is 0.162. The molecule has 128 valence electrons. The fraction of sp³-hybridized carbons (Fsp3) is 0.947. The van der Waals surface area contributed by atoms with Gasteiger partial charge < -0.3 is 5.32 Å². The molecular formula is C19H41NO. The molecule has 2 heteroatoms. The number of carbonyl (C=O) groups is 1. The highest BCUT2D eigenvalue weighted by Crippen LogP contribution is 2.34. The predicted octanol–water partition coefficient (Wildman–Crippen LogP) is 5.81. The van der Waals surface area contributed by atoms with Crippen LogP contribution in [0.4, 0.5) is 0 Å². The van der Waals surface area contributed by atoms with Gasteiger partial charge >= 0.3 is 0 Å². The molecule has 0 saturated carbocycles. The first-order valence-electron chi connectivity index (χ1n) is 8.37. The molecule has 0 bridgehead atoms. The Hall–Kier alpha value is -0.530. The van der Waals surface area contributed by atoms with Crippen LogP contribution in [0.1, 0.15) is 95.9 Å². The predicted molar refractivity (Wildman–Crippen MR) is 95.5 cm³/mol. The zero-order chi connectivity index (χ0) is 17.7. The van der Waals surface area contributed by atoms with Crippen LogP contribution in [0, 0.1) is 16.2 Å². The third kappa shape index (κ3) is 11.8. The Labute approximate surface area is 134 Å². The number of nitrogens with one attached hydrogen (secondary N) is 1. The van der Waals surface area contributed by atoms with Gasteiger partial charge in [-0.15, -0.1) is 0 Å². The fourth-order valence-corrected chi connectivity index (χ4v) is 3.25. The molecule has 0 aliphatic heterocycles. The van der Waals surface area contributed by atoms with Crippen LogP contribution in [0.2, 0.25) is 0 Å². The summed E-state index contributed by atoms with van der Waals surface area (Å²) in [5.74, 6) is 0.164. The Bertz CT molecular complexity index is 313. The standard InChI is InChI=1S/C17H35NO.C2H6/c1-14(2,3)11-16(7,8)13(19)18-17(9,10)12-15(4,5)6;1-2/h11-12H2,1-10H3,(H,18,19);1-2H3. The molecule has 0 aromatic carbocycles. The summed E-state index contributed by atoms with van der Waals surface area (Å²) < 4.78 is 0. The molecule has 2 nitrogen and oxygen atoms in total. The summed E-state index contributed by atoms with van der Waals surface area (Å²) in [7, 11) is 0. The van der Waals surface area contributed by atoms with Gasteiger partial charge in [0.15, 0.2) is 0 Å². The van der Waals surface area contributed by atoms with Crippen LogP contribution >= 0.6 is 0 Å². The van der Waals surface area contributed by atoms with E-state index in [2.05, 4.69) is 60.7 Å². The average molecular weight is 300 g/mol. The molecule has 0 aromatic rings. The third-order valence-corrected chi connectivity index (χ3v) is 3.01. The monoisotopic (exact) mass is 299 g/mol. The van der Waals surface area contributed by atoms with E-state index in [0.717, 1.165) is 12.8 Å². The number of hydrogen-bond acceptors (Lipinski definition) is 1. The van der Waals surface area contributed by atoms with E-state index in [1.54, 1.807) is 0 Å². The van der Waals surface area contributed by atoms with Crippen LogP contribution in [0.15, 0.2) is 0 Å². The number of amides is 1. The summed E-state index contributed by atoms with van der Waals surface area (Å²) in [6, 6.07) is 0. The molecule has 0 atom stereocenters. The van der Waals surface area contributed by atoms with Crippen LogP contribution < -0.4 is 5.32 Å². The SMILES string of the molecule is CC.CC(C)(C)CC(C)(C)NC(=O)C(C)(C)CC(C)(C)C. The van der Waals surface area contributed by atoms with Crippen LogP contribution in [-0.2, 0) is 4.79 Å². The van der Waals surface area contributed by atoms with Gasteiger partial charge in [0.1, 0.15) is 0 Å². The van der Waals surface area contributed by atoms with Crippen molar-refractivity contribution in [3.8, 4) is 0 Å². The second-order valence-corrected chi connectivity index (χ2v) is 9.70. The van der Waals surface area contributed by atoms with Crippen molar-refractivity contribution in [2.24, 2.45) is 16.2 Å². The van der Waals surface area contributed by atoms with E-state index in [1.807, 2.05) is 27.7 Å². The summed E-state index contributed by atoms with van der Waals surface area (Å²) in [4.78, 5) is 12.5. The van der Waals surface area contributed by atoms with Gasteiger partial charge in [-0.1, -0.05) is 69.2 Å². The van der Waals surface area contributed by atoms with Gasteiger partial charge in [0.2, 0.25) is 5.91 Å². The molecule has 0 rings (SSSR count). The number of hydrogen-bond donors (Lipinski definition) is 1. The zero-order valence-electron chi connectivity index (χ0n) is 16.8. The molecular weight excluding hydrogens is 258 g/mol. The van der Waals surface area contributed by atoms with Crippen molar-refractivity contribution in [2.75, 3.05) is 0 Å². The Balaban J connectivity index is 0. The molecule has 1 N–H and O–H groups in total. The molecule has 1 amide bonds. The molecule has 0 aliphatic rings. The van der Waals surface area contributed by atoms with Gasteiger partial charge in [-0.25, -0.2) is 0 Å². The molecule has 0 unspecified atom stereocenters. The van der Waals surface area contributed by atoms with Gasteiger partial charge in [0.25, 0.3) is 0 Å². The van der Waals surface area contributed by atoms with Crippen molar-refractivity contribution in [3.63, 3.8) is 0 Å². The molecule has 0 fully saturated rings. The minimum atomic E-state index is -0.326. The van der Waals surface area contributed by atoms with Crippen LogP contribution in [0.25, 0.3) is 0 Å². The van der Waals surface area contributed by atoms with Crippen molar-refractivity contribution in [2.45, 2.75) is 101 Å². The fourth-order valence-electron chi connectivity index (χ4n) is 3.25. The first-order valence-corrected chi connectivity index (χ1v) is 8.37. The Morgan fingerprint density at radius 2 is 1.05 bits per heavy atom. The molecule has 21 heavy (non-hydrogen) atoms. The van der Waals surface area contributed by atoms with Gasteiger partial charge in [0, 0.05) is 11.0 Å². The third-order valence-electron chi connectivity index (χ3n) is 3.01. The maximum atomic E-state index is 12.5. The van der Waals surface area contributed by atoms with E-state index < -0.39 is 0 Å². The number of rotatable bonds is 4. The maximum Gasteiger partial charge on any atom is 0.226 e. The summed E-state index contributed by atoms with van der Waals surface area (Å²) >= 11 is 0. The highest BCUT2D eigenvalue weighted by Gasteiger charge is 2.36. The van der Waals surface area contributed by atoms with Gasteiger partial charge in [-0.3, -0.25) is 4.79 Å². The highest BCUT2D eigenvalue weighted by molar-refractivity contribution is 5.82. The Morgan fingerprint density at radius 3 is 1.33 bits per heavy atom. The summed E-state index contributed by atoms with van der Waals surface area (Å²) in [5.41, 5.74) is -0.113. The van der Waals surface area contributed by atoms with E-state index in [4.69, 9.17) is 0 Å². The lowest BCUT2D eigenvalue weighted by Gasteiger charge is -2.38. The van der Waals surface area contributed by atoms with Crippen molar-refractivity contribution in [3.05, 3.63) is 0 Å². The molecule has 0 aliphatic carbocycles. The lowest BCUT2D eigenvalue weighted by molar-refractivity contribution is -0.132. The topological polar surface area (TPSA) is 29.1 Å². The van der Waals surface area contributed by atoms with E-state index in [1.165, 1.54) is 0 Å². The summed E-state index contributed by atoms with van der Waals surface area (Å²) in [6.07, 6.45) is 1.86. The molecule has 0 spiro atoms. The summed E-state index contributed by atoms with van der Waals surface area (Å²) in [5, 5.41) is 3.24. The van der Waals surface area contributed by atoms with E-state index in [9.17, 15) is 4.79 Å². The van der Waals surface area contributed by atoms with E-state index in [0.29, 0.717) is 0 Å². The van der Waals surface area contributed by atoms with Gasteiger partial charge in [0.05, 0.1) is 0 Å². The van der Waals surface area contributed by atoms with Crippen LogP contribution in [-0.4, -0.2) is 11.4 Å². The lowest BCUT2D eigenvalue weighted by atomic mass is 9.74. The van der Waals surface area contributed by atoms with Crippen molar-refractivity contribution < 1.29 is 4.79 Å². The molecule has 0 aromatic heterocycles. The first-order chi connectivity index (χ1) is 9.04. The second kappa shape index (κ2) is 7.65. The maximum absolute atomic E-state index is 12.5.